The van der Waals surface area contributed by atoms with Crippen molar-refractivity contribution in [2.45, 2.75) is 29.6 Å². The van der Waals surface area contributed by atoms with Gasteiger partial charge in [0.15, 0.2) is 0 Å². The van der Waals surface area contributed by atoms with Gasteiger partial charge in [-0.05, 0) is 0 Å². The molecule has 0 fully saturated rings. The van der Waals surface area contributed by atoms with Crippen LogP contribution >= 0.6 is 0 Å². The van der Waals surface area contributed by atoms with Crippen molar-refractivity contribution in [3.05, 3.63) is 23.8 Å². The molecule has 0 unspecified atom stereocenters. The second kappa shape index (κ2) is 4.75. The molecule has 0 nitrogen and oxygen atoms in total. The second-order valence-electron chi connectivity index (χ2n) is 6.28. The molecule has 0 bridgehead atoms. The van der Waals surface area contributed by atoms with E-state index in [4.69, 9.17) is 0 Å². The standard InChI is InChI=1S/C6H2F2.6CH3.2Sn/c7-5-3-1-2-4-6(5)8;;;;;;;;/h1,3H;6*1H3;;. The van der Waals surface area contributed by atoms with E-state index in [9.17, 15) is 8.78 Å². The molecule has 1 aromatic rings. The van der Waals surface area contributed by atoms with E-state index in [-0.39, 0.29) is 0 Å². The Morgan fingerprint density at radius 2 is 1.31 bits per heavy atom. The van der Waals surface area contributed by atoms with E-state index in [0.29, 0.717) is 0 Å². The first-order valence-electron chi connectivity index (χ1n) is 5.54. The van der Waals surface area contributed by atoms with Gasteiger partial charge in [0.05, 0.1) is 0 Å². The summed E-state index contributed by atoms with van der Waals surface area (Å²) in [6.45, 7) is 0. The summed E-state index contributed by atoms with van der Waals surface area (Å²) < 4.78 is 29.3. The molecule has 0 amide bonds. The van der Waals surface area contributed by atoms with Gasteiger partial charge in [0.25, 0.3) is 0 Å². The first-order chi connectivity index (χ1) is 7.05. The van der Waals surface area contributed by atoms with E-state index in [0.717, 1.165) is 3.58 Å². The number of rotatable bonds is 2. The predicted molar refractivity (Wildman–Crippen MR) is 72.3 cm³/mol. The summed E-state index contributed by atoms with van der Waals surface area (Å²) in [5.41, 5.74) is 0. The second-order valence-corrected chi connectivity index (χ2v) is 34.9. The molecule has 0 spiro atoms. The van der Waals surface area contributed by atoms with Crippen LogP contribution in [0.4, 0.5) is 8.78 Å². The summed E-state index contributed by atoms with van der Waals surface area (Å²) in [5.74, 6) is -1.24. The first-order valence-corrected chi connectivity index (χ1v) is 25.5. The Kier molecular flexibility index (Phi) is 4.37. The van der Waals surface area contributed by atoms with Crippen LogP contribution < -0.4 is 7.16 Å². The fraction of sp³-hybridized carbons (Fsp3) is 0.500. The van der Waals surface area contributed by atoms with Crippen LogP contribution in [-0.2, 0) is 0 Å². The van der Waals surface area contributed by atoms with Crippen LogP contribution in [0, 0.1) is 11.6 Å². The van der Waals surface area contributed by atoms with Crippen molar-refractivity contribution in [3.63, 3.8) is 0 Å². The molecule has 0 aliphatic rings. The third-order valence-corrected chi connectivity index (χ3v) is 16.2. The first kappa shape index (κ1) is 14.7. The molecule has 4 heteroatoms. The number of halogens is 2. The van der Waals surface area contributed by atoms with Gasteiger partial charge in [-0.2, -0.15) is 0 Å². The molecule has 1 rings (SSSR count). The van der Waals surface area contributed by atoms with Gasteiger partial charge in [0.1, 0.15) is 0 Å². The van der Waals surface area contributed by atoms with E-state index in [1.165, 1.54) is 9.65 Å². The summed E-state index contributed by atoms with van der Waals surface area (Å²) >= 11 is -4.93. The maximum atomic E-state index is 14.0. The Morgan fingerprint density at radius 1 is 0.812 bits per heavy atom. The fourth-order valence-corrected chi connectivity index (χ4v) is 25.2. The molecule has 0 heterocycles. The van der Waals surface area contributed by atoms with Gasteiger partial charge in [0, 0.05) is 0 Å². The Morgan fingerprint density at radius 3 is 1.69 bits per heavy atom. The van der Waals surface area contributed by atoms with E-state index in [2.05, 4.69) is 29.6 Å². The van der Waals surface area contributed by atoms with Crippen molar-refractivity contribution in [2.75, 3.05) is 0 Å². The quantitative estimate of drug-likeness (QED) is 0.622. The third-order valence-electron chi connectivity index (χ3n) is 2.65. The monoisotopic (exact) mass is 442 g/mol. The van der Waals surface area contributed by atoms with Gasteiger partial charge >= 0.3 is 106 Å². The Hall–Kier alpha value is 0.677. The molecule has 0 aliphatic heterocycles. The van der Waals surface area contributed by atoms with Crippen molar-refractivity contribution in [2.24, 2.45) is 0 Å². The van der Waals surface area contributed by atoms with Crippen molar-refractivity contribution >= 4 is 43.9 Å². The van der Waals surface area contributed by atoms with Crippen LogP contribution in [0.5, 0.6) is 0 Å². The van der Waals surface area contributed by atoms with E-state index in [1.807, 2.05) is 6.07 Å². The van der Waals surface area contributed by atoms with Crippen molar-refractivity contribution in [1.82, 2.24) is 0 Å². The summed E-state index contributed by atoms with van der Waals surface area (Å²) in [4.78, 5) is 13.2. The van der Waals surface area contributed by atoms with E-state index in [1.54, 1.807) is 0 Å². The molecule has 16 heavy (non-hydrogen) atoms. The maximum absolute atomic E-state index is 14.0. The van der Waals surface area contributed by atoms with E-state index >= 15 is 0 Å². The molecule has 0 N–H and O–H groups in total. The topological polar surface area (TPSA) is 0 Å². The van der Waals surface area contributed by atoms with Gasteiger partial charge in [0.2, 0.25) is 0 Å². The van der Waals surface area contributed by atoms with Crippen LogP contribution in [0.2, 0.25) is 29.6 Å². The molecule has 0 saturated heterocycles. The summed E-state index contributed by atoms with van der Waals surface area (Å²) in [6, 6.07) is 3.14. The zero-order valence-electron chi connectivity index (χ0n) is 10.9. The summed E-state index contributed by atoms with van der Waals surface area (Å²) in [6.07, 6.45) is 0. The third kappa shape index (κ3) is 3.12. The number of hydrogen-bond donors (Lipinski definition) is 0. The minimum atomic E-state index is -2.59. The van der Waals surface area contributed by atoms with Crippen LogP contribution in [-0.4, -0.2) is 36.8 Å². The molecule has 0 atom stereocenters. The van der Waals surface area contributed by atoms with Crippen LogP contribution in [0.1, 0.15) is 0 Å². The minimum absolute atomic E-state index is 0.563. The van der Waals surface area contributed by atoms with Crippen molar-refractivity contribution < 1.29 is 8.78 Å². The van der Waals surface area contributed by atoms with Crippen molar-refractivity contribution in [1.29, 1.82) is 0 Å². The molecular formula is C12H20F2Sn2. The molecule has 0 radical (unpaired) electrons. The van der Waals surface area contributed by atoms with Gasteiger partial charge < -0.3 is 0 Å². The molecule has 90 valence electrons. The Balaban J connectivity index is 3.59. The molecule has 0 aromatic heterocycles. The van der Waals surface area contributed by atoms with Gasteiger partial charge in [-0.25, -0.2) is 0 Å². The summed E-state index contributed by atoms with van der Waals surface area (Å²) in [7, 11) is 0. The molecule has 0 aliphatic carbocycles. The normalized spacial score (nSPS) is 13.0. The average molecular weight is 440 g/mol. The zero-order valence-corrected chi connectivity index (χ0v) is 16.6. The van der Waals surface area contributed by atoms with Gasteiger partial charge in [-0.3, -0.25) is 0 Å². The van der Waals surface area contributed by atoms with E-state index < -0.39 is 48.4 Å². The fourth-order valence-electron chi connectivity index (χ4n) is 1.91. The predicted octanol–water partition coefficient (Wildman–Crippen LogP) is 3.06. The number of hydrogen-bond acceptors (Lipinski definition) is 0. The molecule has 1 aromatic carbocycles. The van der Waals surface area contributed by atoms with Gasteiger partial charge in [-0.1, -0.05) is 0 Å². The average Bonchev–Trinajstić information content (AvgIpc) is 2.05. The Bertz CT molecular complexity index is 401. The molecule has 0 saturated carbocycles. The number of benzene rings is 1. The molecular weight excluding hydrogens is 420 g/mol. The Labute approximate surface area is 105 Å². The zero-order chi connectivity index (χ0) is 12.7. The SMILES string of the molecule is [CH3][Sn]([CH3])([CH3])[c]1ccc(F)c(F)[c]1[Sn]([CH3])([CH3])[CH3]. The van der Waals surface area contributed by atoms with Gasteiger partial charge in [-0.15, -0.1) is 0 Å². The van der Waals surface area contributed by atoms with Crippen LogP contribution in [0.3, 0.4) is 0 Å². The van der Waals surface area contributed by atoms with Crippen LogP contribution in [0.15, 0.2) is 12.1 Å². The van der Waals surface area contributed by atoms with Crippen molar-refractivity contribution in [3.8, 4) is 0 Å². The van der Waals surface area contributed by atoms with Crippen LogP contribution in [0.25, 0.3) is 0 Å². The summed E-state index contributed by atoms with van der Waals surface area (Å²) in [5, 5.41) is 0.